The van der Waals surface area contributed by atoms with Crippen LogP contribution in [0, 0.1) is 6.92 Å². The van der Waals surface area contributed by atoms with E-state index in [1.807, 2.05) is 0 Å². The van der Waals surface area contributed by atoms with Crippen molar-refractivity contribution in [1.29, 1.82) is 0 Å². The summed E-state index contributed by atoms with van der Waals surface area (Å²) in [5, 5.41) is 6.74. The van der Waals surface area contributed by atoms with Gasteiger partial charge in [-0.05, 0) is 19.9 Å². The number of aromatic nitrogens is 2. The van der Waals surface area contributed by atoms with Gasteiger partial charge in [0.1, 0.15) is 0 Å². The second kappa shape index (κ2) is 6.21. The van der Waals surface area contributed by atoms with E-state index in [4.69, 9.17) is 5.73 Å². The molecule has 1 fully saturated rings. The first-order chi connectivity index (χ1) is 9.50. The van der Waals surface area contributed by atoms with E-state index in [0.717, 1.165) is 31.7 Å². The summed E-state index contributed by atoms with van der Waals surface area (Å²) in [4.78, 5) is 2.28. The number of nitrogens with zero attached hydrogens (tertiary/aromatic N) is 3. The van der Waals surface area contributed by atoms with Gasteiger partial charge in [-0.3, -0.25) is 5.10 Å². The number of hydrogen-bond donors (Lipinski definition) is 2. The Balaban J connectivity index is 2.15. The Bertz CT molecular complexity index is 546. The van der Waals surface area contributed by atoms with Crippen LogP contribution in [0.5, 0.6) is 0 Å². The largest absolute Gasteiger partial charge is 0.326 e. The number of aromatic amines is 1. The lowest BCUT2D eigenvalue weighted by Crippen LogP contribution is -2.48. The second-order valence-electron chi connectivity index (χ2n) is 5.08. The van der Waals surface area contributed by atoms with Gasteiger partial charge >= 0.3 is 0 Å². The summed E-state index contributed by atoms with van der Waals surface area (Å²) in [5.74, 6) is 0. The predicted octanol–water partition coefficient (Wildman–Crippen LogP) is -0.107. The van der Waals surface area contributed by atoms with Crippen LogP contribution in [0.1, 0.15) is 24.6 Å². The van der Waals surface area contributed by atoms with Crippen molar-refractivity contribution in [2.75, 3.05) is 32.7 Å². The lowest BCUT2D eigenvalue weighted by Gasteiger charge is -2.33. The normalized spacial score (nSPS) is 18.6. The molecule has 1 aromatic rings. The Morgan fingerprint density at radius 2 is 1.95 bits per heavy atom. The van der Waals surface area contributed by atoms with E-state index in [-0.39, 0.29) is 11.6 Å². The molecule has 0 saturated carbocycles. The molecule has 20 heavy (non-hydrogen) atoms. The molecule has 2 heterocycles. The maximum Gasteiger partial charge on any atom is 0.262 e. The van der Waals surface area contributed by atoms with Crippen LogP contribution >= 0.6 is 0 Å². The second-order valence-corrected chi connectivity index (χ2v) is 6.94. The first kappa shape index (κ1) is 15.4. The first-order valence-electron chi connectivity index (χ1n) is 6.97. The van der Waals surface area contributed by atoms with Crippen molar-refractivity contribution in [3.63, 3.8) is 0 Å². The summed E-state index contributed by atoms with van der Waals surface area (Å²) in [5.41, 5.74) is 6.94. The highest BCUT2D eigenvalue weighted by Gasteiger charge is 2.32. The van der Waals surface area contributed by atoms with Gasteiger partial charge in [-0.1, -0.05) is 6.92 Å². The van der Waals surface area contributed by atoms with E-state index in [1.54, 1.807) is 6.92 Å². The molecule has 0 atom stereocenters. The van der Waals surface area contributed by atoms with Crippen LogP contribution in [0.4, 0.5) is 0 Å². The molecule has 114 valence electrons. The predicted molar refractivity (Wildman–Crippen MR) is 76.7 cm³/mol. The number of H-pyrrole nitrogens is 1. The van der Waals surface area contributed by atoms with Crippen LogP contribution < -0.4 is 5.73 Å². The Hall–Kier alpha value is -0.960. The third-order valence-electron chi connectivity index (χ3n) is 3.70. The number of nitrogens with two attached hydrogens (primary N) is 1. The number of nitrogens with one attached hydrogen (secondary N) is 1. The highest BCUT2D eigenvalue weighted by molar-refractivity contribution is 7.89. The van der Waals surface area contributed by atoms with Crippen LogP contribution in [0.3, 0.4) is 0 Å². The molecular weight excluding hydrogens is 278 g/mol. The van der Waals surface area contributed by atoms with E-state index in [2.05, 4.69) is 22.0 Å². The topological polar surface area (TPSA) is 95.3 Å². The smallest absolute Gasteiger partial charge is 0.262 e. The minimum absolute atomic E-state index is 0.0847. The summed E-state index contributed by atoms with van der Waals surface area (Å²) in [6.45, 7) is 7.67. The molecule has 0 aliphatic carbocycles. The molecule has 0 bridgehead atoms. The molecule has 1 aliphatic rings. The third-order valence-corrected chi connectivity index (χ3v) is 5.57. The zero-order valence-corrected chi connectivity index (χ0v) is 12.9. The van der Waals surface area contributed by atoms with Gasteiger partial charge in [0.25, 0.3) is 10.0 Å². The lowest BCUT2D eigenvalue weighted by molar-refractivity contribution is 0.188. The first-order valence-corrected chi connectivity index (χ1v) is 8.41. The van der Waals surface area contributed by atoms with Crippen LogP contribution in [0.2, 0.25) is 0 Å². The van der Waals surface area contributed by atoms with Gasteiger partial charge in [-0.2, -0.15) is 9.40 Å². The van der Waals surface area contributed by atoms with Crippen molar-refractivity contribution in [3.8, 4) is 0 Å². The molecule has 7 nitrogen and oxygen atoms in total. The van der Waals surface area contributed by atoms with Gasteiger partial charge in [0.15, 0.2) is 5.03 Å². The van der Waals surface area contributed by atoms with Gasteiger partial charge in [0, 0.05) is 44.0 Å². The molecule has 0 aromatic carbocycles. The Labute approximate surface area is 120 Å². The van der Waals surface area contributed by atoms with Crippen molar-refractivity contribution in [2.24, 2.45) is 5.73 Å². The summed E-state index contributed by atoms with van der Waals surface area (Å²) in [6, 6.07) is 0. The van der Waals surface area contributed by atoms with E-state index < -0.39 is 10.0 Å². The van der Waals surface area contributed by atoms with Crippen molar-refractivity contribution in [3.05, 3.63) is 11.3 Å². The molecule has 2 rings (SSSR count). The van der Waals surface area contributed by atoms with Crippen LogP contribution in [-0.2, 0) is 16.6 Å². The highest BCUT2D eigenvalue weighted by atomic mass is 32.2. The number of aryl methyl sites for hydroxylation is 1. The maximum absolute atomic E-state index is 12.6. The standard InChI is InChI=1S/C12H23N5O2S/c1-3-4-16-5-7-17(8-6-16)20(18,19)12-11(9-13)10(2)14-15-12/h3-9,13H2,1-2H3,(H,14,15). The molecule has 1 aromatic heterocycles. The van der Waals surface area contributed by atoms with Gasteiger partial charge in [0.05, 0.1) is 0 Å². The minimum atomic E-state index is -3.54. The quantitative estimate of drug-likeness (QED) is 0.791. The third kappa shape index (κ3) is 2.88. The molecule has 0 spiro atoms. The molecule has 0 amide bonds. The van der Waals surface area contributed by atoms with Crippen molar-refractivity contribution in [2.45, 2.75) is 31.8 Å². The molecule has 0 radical (unpaired) electrons. The lowest BCUT2D eigenvalue weighted by atomic mass is 10.3. The zero-order chi connectivity index (χ0) is 14.8. The van der Waals surface area contributed by atoms with Crippen LogP contribution in [0.15, 0.2) is 5.03 Å². The van der Waals surface area contributed by atoms with Gasteiger partial charge in [0.2, 0.25) is 0 Å². The number of rotatable bonds is 5. The van der Waals surface area contributed by atoms with Crippen LogP contribution in [0.25, 0.3) is 0 Å². The fourth-order valence-electron chi connectivity index (χ4n) is 2.52. The Morgan fingerprint density at radius 1 is 1.30 bits per heavy atom. The fraction of sp³-hybridized carbons (Fsp3) is 0.750. The Kier molecular flexibility index (Phi) is 4.79. The van der Waals surface area contributed by atoms with Crippen molar-refractivity contribution < 1.29 is 8.42 Å². The minimum Gasteiger partial charge on any atom is -0.326 e. The number of sulfonamides is 1. The molecule has 3 N–H and O–H groups in total. The average molecular weight is 301 g/mol. The monoisotopic (exact) mass is 301 g/mol. The van der Waals surface area contributed by atoms with Gasteiger partial charge in [-0.15, -0.1) is 0 Å². The average Bonchev–Trinajstić information content (AvgIpc) is 2.81. The maximum atomic E-state index is 12.6. The van der Waals surface area contributed by atoms with Crippen molar-refractivity contribution in [1.82, 2.24) is 19.4 Å². The molecule has 1 saturated heterocycles. The summed E-state index contributed by atoms with van der Waals surface area (Å²) < 4.78 is 26.7. The van der Waals surface area contributed by atoms with E-state index in [1.165, 1.54) is 4.31 Å². The summed E-state index contributed by atoms with van der Waals surface area (Å²) >= 11 is 0. The Morgan fingerprint density at radius 3 is 2.50 bits per heavy atom. The molecule has 8 heteroatoms. The number of piperazine rings is 1. The van der Waals surface area contributed by atoms with E-state index in [0.29, 0.717) is 18.7 Å². The molecule has 1 aliphatic heterocycles. The molecule has 0 unspecified atom stereocenters. The highest BCUT2D eigenvalue weighted by Crippen LogP contribution is 2.21. The van der Waals surface area contributed by atoms with E-state index in [9.17, 15) is 8.42 Å². The summed E-state index contributed by atoms with van der Waals surface area (Å²) in [6.07, 6.45) is 1.09. The SMILES string of the molecule is CCCN1CCN(S(=O)(=O)c2n[nH]c(C)c2CN)CC1. The van der Waals surface area contributed by atoms with Gasteiger partial charge in [-0.25, -0.2) is 8.42 Å². The van der Waals surface area contributed by atoms with E-state index >= 15 is 0 Å². The number of hydrogen-bond acceptors (Lipinski definition) is 5. The van der Waals surface area contributed by atoms with Gasteiger partial charge < -0.3 is 10.6 Å². The van der Waals surface area contributed by atoms with Crippen LogP contribution in [-0.4, -0.2) is 60.5 Å². The zero-order valence-electron chi connectivity index (χ0n) is 12.1. The summed E-state index contributed by atoms with van der Waals surface area (Å²) in [7, 11) is -3.54. The fourth-order valence-corrected chi connectivity index (χ4v) is 4.11. The van der Waals surface area contributed by atoms with Crippen molar-refractivity contribution >= 4 is 10.0 Å². The molecular formula is C12H23N5O2S.